The molecule has 194 valence electrons. The molecule has 0 saturated carbocycles. The van der Waals surface area contributed by atoms with E-state index in [4.69, 9.17) is 0 Å². The van der Waals surface area contributed by atoms with E-state index in [9.17, 15) is 96.2 Å². The van der Waals surface area contributed by atoms with Gasteiger partial charge in [0.1, 0.15) is 0 Å². The fourth-order valence-corrected chi connectivity index (χ4v) is 2.79. The fourth-order valence-electron chi connectivity index (χ4n) is 1.46. The van der Waals surface area contributed by atoms with Crippen LogP contribution >= 0.6 is 7.88 Å². The molecule has 0 aromatic rings. The monoisotopic (exact) mass is 557 g/mol. The number of hydrogen-bond acceptors (Lipinski definition) is 0. The molecule has 0 spiro atoms. The Balaban J connectivity index is 7.00. The van der Waals surface area contributed by atoms with E-state index in [0.717, 1.165) is 0 Å². The lowest BCUT2D eigenvalue weighted by molar-refractivity contribution is -0.434. The predicted molar refractivity (Wildman–Crippen MR) is 55.9 cm³/mol. The minimum absolute atomic E-state index is 8.00. The first kappa shape index (κ1) is 30.9. The van der Waals surface area contributed by atoms with Crippen LogP contribution in [0.1, 0.15) is 0 Å². The number of halogens is 22. The van der Waals surface area contributed by atoms with Gasteiger partial charge in [-0.3, -0.25) is 0 Å². The smallest absolute Gasteiger partial charge is 0.192 e. The van der Waals surface area contributed by atoms with Gasteiger partial charge in [-0.15, -0.1) is 0 Å². The normalized spacial score (nSPS) is 17.1. The van der Waals surface area contributed by atoms with E-state index in [1.807, 2.05) is 0 Å². The average Bonchev–Trinajstić information content (AvgIpc) is 2.51. The fraction of sp³-hybridized carbons (Fsp3) is 1.00. The summed E-state index contributed by atoms with van der Waals surface area (Å²) < 4.78 is 277. The van der Waals surface area contributed by atoms with Gasteiger partial charge in [0.2, 0.25) is 0 Å². The van der Waals surface area contributed by atoms with Crippen LogP contribution in [0.2, 0.25) is 0 Å². The SMILES string of the molecule is FC(F)(F)C(F)(F)C(F)(F)C(F)(F)C(F)(F)C(F)(F)[P+](F)(F)C(F)(F)C(F)(F)C(F)(F)F. The Bertz CT molecular complexity index is 631. The highest BCUT2D eigenvalue weighted by Crippen LogP contribution is 2.89. The minimum Gasteiger partial charge on any atom is -0.192 e. The van der Waals surface area contributed by atoms with Crippen molar-refractivity contribution in [2.75, 3.05) is 0 Å². The van der Waals surface area contributed by atoms with E-state index >= 15 is 0 Å². The zero-order chi connectivity index (χ0) is 27.0. The van der Waals surface area contributed by atoms with Crippen molar-refractivity contribution < 1.29 is 96.2 Å². The quantitative estimate of drug-likeness (QED) is 0.219. The molecule has 0 rings (SSSR count). The molecule has 32 heavy (non-hydrogen) atoms. The molecule has 0 saturated heterocycles. The second-order valence-corrected chi connectivity index (χ2v) is 7.61. The summed E-state index contributed by atoms with van der Waals surface area (Å²) in [5, 5.41) is 0. The van der Waals surface area contributed by atoms with E-state index in [1.165, 1.54) is 0 Å². The molecule has 0 aromatic heterocycles. The molecule has 0 heterocycles. The van der Waals surface area contributed by atoms with Crippen molar-refractivity contribution in [1.82, 2.24) is 0 Å². The lowest BCUT2D eigenvalue weighted by Gasteiger charge is -2.39. The Morgan fingerprint density at radius 2 is 0.500 bits per heavy atom. The molecule has 23 heteroatoms. The number of alkyl halides is 20. The minimum atomic E-state index is -10.7. The first-order chi connectivity index (χ1) is 13.2. The molecule has 0 atom stereocenters. The maximum atomic E-state index is 13.1. The van der Waals surface area contributed by atoms with Gasteiger partial charge in [0.05, 0.1) is 0 Å². The van der Waals surface area contributed by atoms with Crippen molar-refractivity contribution >= 4 is 7.88 Å². The standard InChI is InChI=1S/C9F22P/c10-1(11,3(14,15)6(20,21)22)2(12,13)4(16,17)8(26,27)32(30,31)9(28,29)5(18,19)7(23,24)25/q+1. The second kappa shape index (κ2) is 7.19. The van der Waals surface area contributed by atoms with Crippen LogP contribution in [0.3, 0.4) is 0 Å². The summed E-state index contributed by atoms with van der Waals surface area (Å²) in [7, 11) is -10.7. The summed E-state index contributed by atoms with van der Waals surface area (Å²) in [6, 6.07) is 0. The van der Waals surface area contributed by atoms with Crippen LogP contribution in [0.4, 0.5) is 96.2 Å². The molecular weight excluding hydrogens is 557 g/mol. The van der Waals surface area contributed by atoms with Crippen molar-refractivity contribution in [2.24, 2.45) is 0 Å². The van der Waals surface area contributed by atoms with Crippen molar-refractivity contribution in [3.05, 3.63) is 0 Å². The van der Waals surface area contributed by atoms with Crippen molar-refractivity contribution in [1.29, 1.82) is 0 Å². The van der Waals surface area contributed by atoms with Crippen LogP contribution in [-0.4, -0.2) is 53.3 Å². The third-order valence-corrected chi connectivity index (χ3v) is 5.33. The Morgan fingerprint density at radius 3 is 0.750 bits per heavy atom. The number of rotatable bonds is 7. The lowest BCUT2D eigenvalue weighted by atomic mass is 9.98. The van der Waals surface area contributed by atoms with Gasteiger partial charge in [0.15, 0.2) is 0 Å². The van der Waals surface area contributed by atoms with Gasteiger partial charge >= 0.3 is 61.2 Å². The molecule has 0 amide bonds. The van der Waals surface area contributed by atoms with Gasteiger partial charge < -0.3 is 0 Å². The van der Waals surface area contributed by atoms with Crippen LogP contribution in [0.15, 0.2) is 0 Å². The molecule has 0 N–H and O–H groups in total. The maximum absolute atomic E-state index is 13.1. The van der Waals surface area contributed by atoms with Crippen molar-refractivity contribution in [3.8, 4) is 0 Å². The Hall–Kier alpha value is -1.11. The van der Waals surface area contributed by atoms with Gasteiger partial charge in [-0.1, -0.05) is 0 Å². The summed E-state index contributed by atoms with van der Waals surface area (Å²) in [4.78, 5) is 0. The maximum Gasteiger partial charge on any atom is 0.541 e. The van der Waals surface area contributed by atoms with Crippen LogP contribution in [0, 0.1) is 0 Å². The molecule has 0 unspecified atom stereocenters. The Morgan fingerprint density at radius 1 is 0.281 bits per heavy atom. The topological polar surface area (TPSA) is 0 Å². The average molecular weight is 557 g/mol. The first-order valence-corrected chi connectivity index (χ1v) is 7.89. The highest BCUT2D eigenvalue weighted by molar-refractivity contribution is 7.68. The molecular formula is C9F22P+. The summed E-state index contributed by atoms with van der Waals surface area (Å²) in [5.41, 5.74) is -17.9. The molecule has 0 aliphatic heterocycles. The van der Waals surface area contributed by atoms with Crippen molar-refractivity contribution in [3.63, 3.8) is 0 Å². The van der Waals surface area contributed by atoms with Crippen LogP contribution in [0.25, 0.3) is 0 Å². The van der Waals surface area contributed by atoms with Gasteiger partial charge in [0, 0.05) is 0 Å². The largest absolute Gasteiger partial charge is 0.541 e. The van der Waals surface area contributed by atoms with E-state index in [1.54, 1.807) is 0 Å². The molecule has 0 aromatic carbocycles. The molecule has 0 fully saturated rings. The number of hydrogen-bond donors (Lipinski definition) is 0. The van der Waals surface area contributed by atoms with E-state index in [-0.39, 0.29) is 0 Å². The third kappa shape index (κ3) is 3.52. The van der Waals surface area contributed by atoms with Crippen molar-refractivity contribution in [2.45, 2.75) is 53.3 Å². The third-order valence-electron chi connectivity index (χ3n) is 3.36. The zero-order valence-electron chi connectivity index (χ0n) is 13.3. The van der Waals surface area contributed by atoms with Gasteiger partial charge in [0.25, 0.3) is 0 Å². The molecule has 0 radical (unpaired) electrons. The second-order valence-electron chi connectivity index (χ2n) is 5.46. The van der Waals surface area contributed by atoms with Crippen LogP contribution in [0.5, 0.6) is 0 Å². The van der Waals surface area contributed by atoms with Crippen LogP contribution < -0.4 is 0 Å². The molecule has 0 aliphatic carbocycles. The predicted octanol–water partition coefficient (Wildman–Crippen LogP) is 8.26. The Labute approximate surface area is 159 Å². The Kier molecular flexibility index (Phi) is 6.94. The molecule has 0 aliphatic rings. The van der Waals surface area contributed by atoms with E-state index in [2.05, 4.69) is 0 Å². The summed E-state index contributed by atoms with van der Waals surface area (Å²) in [6.07, 6.45) is -16.0. The van der Waals surface area contributed by atoms with Crippen LogP contribution in [-0.2, 0) is 0 Å². The molecule has 0 nitrogen and oxygen atoms in total. The van der Waals surface area contributed by atoms with Gasteiger partial charge in [-0.25, -0.2) is 0 Å². The lowest BCUT2D eigenvalue weighted by Crippen LogP contribution is -2.70. The van der Waals surface area contributed by atoms with Gasteiger partial charge in [-0.2, -0.15) is 87.8 Å². The summed E-state index contributed by atoms with van der Waals surface area (Å²) in [5.74, 6) is -44.1. The summed E-state index contributed by atoms with van der Waals surface area (Å²) in [6.45, 7) is 0. The summed E-state index contributed by atoms with van der Waals surface area (Å²) >= 11 is 0. The highest BCUT2D eigenvalue weighted by Gasteiger charge is 3.04. The van der Waals surface area contributed by atoms with E-state index < -0.39 is 61.2 Å². The van der Waals surface area contributed by atoms with Gasteiger partial charge in [-0.05, 0) is 8.39 Å². The molecule has 0 bridgehead atoms. The highest BCUT2D eigenvalue weighted by atomic mass is 31.2. The van der Waals surface area contributed by atoms with E-state index in [0.29, 0.717) is 0 Å². The first-order valence-electron chi connectivity index (χ1n) is 6.31. The zero-order valence-corrected chi connectivity index (χ0v) is 14.2.